The van der Waals surface area contributed by atoms with Crippen LogP contribution in [-0.4, -0.2) is 48.4 Å². The van der Waals surface area contributed by atoms with Crippen molar-refractivity contribution in [1.82, 2.24) is 9.80 Å². The molecule has 1 heterocycles. The third-order valence-electron chi connectivity index (χ3n) is 1.93. The van der Waals surface area contributed by atoms with Crippen molar-refractivity contribution >= 4 is 0 Å². The molecule has 1 rings (SSSR count). The van der Waals surface area contributed by atoms with Gasteiger partial charge in [-0.25, -0.2) is 0 Å². The highest BCUT2D eigenvalue weighted by molar-refractivity contribution is 4.67. The largest absolute Gasteiger partial charge is 0.365 e. The van der Waals surface area contributed by atoms with Gasteiger partial charge in [-0.3, -0.25) is 9.80 Å². The van der Waals surface area contributed by atoms with Crippen LogP contribution in [0.4, 0.5) is 0 Å². The zero-order valence-corrected chi connectivity index (χ0v) is 6.75. The predicted molar refractivity (Wildman–Crippen MR) is 40.5 cm³/mol. The standard InChI is InChI=1S/C7H16N2O/c1-8(2)7(10)9-5-3-4-6-9/h7,10H,3-6H2,1-2H3. The Kier molecular flexibility index (Phi) is 2.65. The van der Waals surface area contributed by atoms with Gasteiger partial charge < -0.3 is 5.11 Å². The molecule has 0 aromatic rings. The van der Waals surface area contributed by atoms with Crippen LogP contribution in [0.3, 0.4) is 0 Å². The van der Waals surface area contributed by atoms with E-state index < -0.39 is 0 Å². The summed E-state index contributed by atoms with van der Waals surface area (Å²) < 4.78 is 0. The number of likely N-dealkylation sites (tertiary alicyclic amines) is 1. The van der Waals surface area contributed by atoms with Gasteiger partial charge >= 0.3 is 0 Å². The first kappa shape index (κ1) is 7.98. The molecule has 0 aliphatic carbocycles. The molecule has 1 unspecified atom stereocenters. The number of nitrogens with zero attached hydrogens (tertiary/aromatic N) is 2. The average molecular weight is 144 g/mol. The van der Waals surface area contributed by atoms with Gasteiger partial charge in [-0.2, -0.15) is 0 Å². The second-order valence-corrected chi connectivity index (χ2v) is 3.05. The van der Waals surface area contributed by atoms with Crippen LogP contribution in [0.1, 0.15) is 12.8 Å². The van der Waals surface area contributed by atoms with Gasteiger partial charge in [0, 0.05) is 13.1 Å². The summed E-state index contributed by atoms with van der Waals surface area (Å²) in [6, 6.07) is 0. The maximum atomic E-state index is 9.48. The normalized spacial score (nSPS) is 24.0. The molecule has 0 aromatic heterocycles. The molecule has 1 aliphatic heterocycles. The Morgan fingerprint density at radius 1 is 1.30 bits per heavy atom. The first-order chi connectivity index (χ1) is 4.72. The molecule has 1 atom stereocenters. The topological polar surface area (TPSA) is 26.7 Å². The highest BCUT2D eigenvalue weighted by Gasteiger charge is 2.20. The van der Waals surface area contributed by atoms with Crippen LogP contribution in [0.5, 0.6) is 0 Å². The minimum Gasteiger partial charge on any atom is -0.365 e. The lowest BCUT2D eigenvalue weighted by Gasteiger charge is -2.27. The van der Waals surface area contributed by atoms with Crippen LogP contribution in [0.25, 0.3) is 0 Å². The van der Waals surface area contributed by atoms with Gasteiger partial charge in [0.25, 0.3) is 0 Å². The summed E-state index contributed by atoms with van der Waals surface area (Å²) in [5, 5.41) is 9.48. The highest BCUT2D eigenvalue weighted by Crippen LogP contribution is 2.10. The summed E-state index contributed by atoms with van der Waals surface area (Å²) in [5.74, 6) is 0. The van der Waals surface area contributed by atoms with E-state index >= 15 is 0 Å². The molecule has 1 saturated heterocycles. The molecule has 60 valence electrons. The minimum atomic E-state index is -0.373. The fourth-order valence-corrected chi connectivity index (χ4v) is 1.30. The zero-order chi connectivity index (χ0) is 7.56. The zero-order valence-electron chi connectivity index (χ0n) is 6.75. The van der Waals surface area contributed by atoms with Gasteiger partial charge in [-0.1, -0.05) is 0 Å². The van der Waals surface area contributed by atoms with Gasteiger partial charge in [0.15, 0.2) is 6.35 Å². The quantitative estimate of drug-likeness (QED) is 0.549. The summed E-state index contributed by atoms with van der Waals surface area (Å²) >= 11 is 0. The predicted octanol–water partition coefficient (Wildman–Crippen LogP) is -0.0803. The lowest BCUT2D eigenvalue weighted by molar-refractivity contribution is -0.0790. The van der Waals surface area contributed by atoms with E-state index in [2.05, 4.69) is 4.90 Å². The molecule has 3 heteroatoms. The molecule has 0 radical (unpaired) electrons. The first-order valence-electron chi connectivity index (χ1n) is 3.80. The Hall–Kier alpha value is -0.120. The molecule has 0 saturated carbocycles. The molecule has 0 aromatic carbocycles. The van der Waals surface area contributed by atoms with E-state index in [0.29, 0.717) is 0 Å². The Bertz CT molecular complexity index is 99.8. The second kappa shape index (κ2) is 3.32. The molecule has 1 fully saturated rings. The van der Waals surface area contributed by atoms with Gasteiger partial charge in [0.1, 0.15) is 0 Å². The molecule has 1 aliphatic rings. The van der Waals surface area contributed by atoms with Crippen LogP contribution in [0, 0.1) is 0 Å². The second-order valence-electron chi connectivity index (χ2n) is 3.05. The van der Waals surface area contributed by atoms with E-state index in [0.717, 1.165) is 13.1 Å². The number of hydrogen-bond donors (Lipinski definition) is 1. The van der Waals surface area contributed by atoms with Crippen molar-refractivity contribution < 1.29 is 5.11 Å². The van der Waals surface area contributed by atoms with Gasteiger partial charge in [-0.05, 0) is 26.9 Å². The molecule has 0 spiro atoms. The first-order valence-corrected chi connectivity index (χ1v) is 3.80. The maximum absolute atomic E-state index is 9.48. The van der Waals surface area contributed by atoms with E-state index in [1.165, 1.54) is 12.8 Å². The SMILES string of the molecule is CN(C)C(O)N1CCCC1. The summed E-state index contributed by atoms with van der Waals surface area (Å²) in [6.07, 6.45) is 2.08. The minimum absolute atomic E-state index is 0.373. The van der Waals surface area contributed by atoms with Crippen LogP contribution < -0.4 is 0 Å². The number of hydrogen-bond acceptors (Lipinski definition) is 3. The smallest absolute Gasteiger partial charge is 0.165 e. The number of aliphatic hydroxyl groups excluding tert-OH is 1. The van der Waals surface area contributed by atoms with Crippen molar-refractivity contribution in [2.24, 2.45) is 0 Å². The molecule has 0 amide bonds. The summed E-state index contributed by atoms with van der Waals surface area (Å²) in [7, 11) is 3.78. The van der Waals surface area contributed by atoms with E-state index in [4.69, 9.17) is 0 Å². The lowest BCUT2D eigenvalue weighted by atomic mass is 10.4. The number of rotatable bonds is 2. The van der Waals surface area contributed by atoms with E-state index in [1.807, 2.05) is 19.0 Å². The van der Waals surface area contributed by atoms with Crippen LogP contribution >= 0.6 is 0 Å². The number of aliphatic hydroxyl groups is 1. The van der Waals surface area contributed by atoms with Crippen molar-refractivity contribution in [2.45, 2.75) is 19.2 Å². The lowest BCUT2D eigenvalue weighted by Crippen LogP contribution is -2.43. The fraction of sp³-hybridized carbons (Fsp3) is 1.00. The summed E-state index contributed by atoms with van der Waals surface area (Å²) in [6.45, 7) is 2.08. The van der Waals surface area contributed by atoms with Crippen LogP contribution in [-0.2, 0) is 0 Å². The molecule has 10 heavy (non-hydrogen) atoms. The van der Waals surface area contributed by atoms with E-state index in [1.54, 1.807) is 0 Å². The van der Waals surface area contributed by atoms with Gasteiger partial charge in [0.2, 0.25) is 0 Å². The van der Waals surface area contributed by atoms with Crippen LogP contribution in [0.15, 0.2) is 0 Å². The Morgan fingerprint density at radius 3 is 2.20 bits per heavy atom. The molecule has 1 N–H and O–H groups in total. The van der Waals surface area contributed by atoms with Crippen molar-refractivity contribution in [3.63, 3.8) is 0 Å². The third kappa shape index (κ3) is 1.68. The van der Waals surface area contributed by atoms with Crippen molar-refractivity contribution in [3.8, 4) is 0 Å². The molecular formula is C7H16N2O. The van der Waals surface area contributed by atoms with Crippen LogP contribution in [0.2, 0.25) is 0 Å². The third-order valence-corrected chi connectivity index (χ3v) is 1.93. The maximum Gasteiger partial charge on any atom is 0.165 e. The Balaban J connectivity index is 2.32. The van der Waals surface area contributed by atoms with Gasteiger partial charge in [-0.15, -0.1) is 0 Å². The average Bonchev–Trinajstić information content (AvgIpc) is 2.36. The fourth-order valence-electron chi connectivity index (χ4n) is 1.30. The molecule has 0 bridgehead atoms. The highest BCUT2D eigenvalue weighted by atomic mass is 16.3. The summed E-state index contributed by atoms with van der Waals surface area (Å²) in [4.78, 5) is 3.91. The van der Waals surface area contributed by atoms with Crippen molar-refractivity contribution in [1.29, 1.82) is 0 Å². The van der Waals surface area contributed by atoms with Crippen molar-refractivity contribution in [2.75, 3.05) is 27.2 Å². The molecular weight excluding hydrogens is 128 g/mol. The molecule has 3 nitrogen and oxygen atoms in total. The summed E-state index contributed by atoms with van der Waals surface area (Å²) in [5.41, 5.74) is 0. The van der Waals surface area contributed by atoms with Crippen molar-refractivity contribution in [3.05, 3.63) is 0 Å². The van der Waals surface area contributed by atoms with E-state index in [9.17, 15) is 5.11 Å². The Labute approximate surface area is 62.2 Å². The monoisotopic (exact) mass is 144 g/mol. The van der Waals surface area contributed by atoms with Gasteiger partial charge in [0.05, 0.1) is 0 Å². The Morgan fingerprint density at radius 2 is 1.80 bits per heavy atom. The van der Waals surface area contributed by atoms with E-state index in [-0.39, 0.29) is 6.35 Å².